The highest BCUT2D eigenvalue weighted by Gasteiger charge is 2.24. The highest BCUT2D eigenvalue weighted by Crippen LogP contribution is 2.48. The lowest BCUT2D eigenvalue weighted by molar-refractivity contribution is 0.454. The van der Waals surface area contributed by atoms with Gasteiger partial charge in [0.05, 0.1) is 17.1 Å². The predicted molar refractivity (Wildman–Crippen MR) is 136 cm³/mol. The number of phenolic OH excluding ortho intramolecular Hbond substituents is 3. The molecule has 0 aliphatic carbocycles. The van der Waals surface area contributed by atoms with Crippen LogP contribution in [0.3, 0.4) is 0 Å². The predicted octanol–water partition coefficient (Wildman–Crippen LogP) is 7.61. The zero-order valence-electron chi connectivity index (χ0n) is 20.0. The van der Waals surface area contributed by atoms with Crippen LogP contribution >= 0.6 is 0 Å². The monoisotopic (exact) mass is 455 g/mol. The van der Waals surface area contributed by atoms with Gasteiger partial charge in [-0.25, -0.2) is 0 Å². The summed E-state index contributed by atoms with van der Waals surface area (Å²) >= 11 is 0. The number of phenols is 3. The molecule has 0 radical (unpaired) electrons. The van der Waals surface area contributed by atoms with Gasteiger partial charge in [0.15, 0.2) is 0 Å². The van der Waals surface area contributed by atoms with Crippen molar-refractivity contribution in [3.8, 4) is 28.7 Å². The zero-order chi connectivity index (χ0) is 24.6. The number of ether oxygens (including phenoxy) is 1. The van der Waals surface area contributed by atoms with Crippen LogP contribution in [0.25, 0.3) is 0 Å². The minimum Gasteiger partial charge on any atom is -0.508 e. The normalized spacial score (nSPS) is 10.9. The van der Waals surface area contributed by atoms with Gasteiger partial charge >= 0.3 is 0 Å². The van der Waals surface area contributed by atoms with Gasteiger partial charge in [-0.3, -0.25) is 0 Å². The van der Waals surface area contributed by atoms with Crippen LogP contribution in [0, 0.1) is 34.6 Å². The van der Waals surface area contributed by atoms with Gasteiger partial charge < -0.3 is 25.0 Å². The van der Waals surface area contributed by atoms with E-state index in [9.17, 15) is 15.3 Å². The lowest BCUT2D eigenvalue weighted by Crippen LogP contribution is -2.14. The first kappa shape index (κ1) is 23.1. The van der Waals surface area contributed by atoms with Crippen LogP contribution in [0.4, 0.5) is 17.1 Å². The Morgan fingerprint density at radius 3 is 1.71 bits per heavy atom. The maximum Gasteiger partial charge on any atom is 0.142 e. The standard InChI is InChI=1S/C29H29NO4/c1-17-13-23(31)16-25(14-17)34-24-8-6-7-22(15-24)30(26-18(2)9-11-20(4)28(26)32)27-19(3)10-12-21(5)29(27)33/h6-16,31-33H,1-5H3. The molecule has 0 aliphatic heterocycles. The van der Waals surface area contributed by atoms with Gasteiger partial charge in [-0.15, -0.1) is 0 Å². The fraction of sp³-hybridized carbons (Fsp3) is 0.172. The molecule has 0 atom stereocenters. The summed E-state index contributed by atoms with van der Waals surface area (Å²) < 4.78 is 6.06. The molecule has 174 valence electrons. The van der Waals surface area contributed by atoms with Crippen molar-refractivity contribution in [1.29, 1.82) is 0 Å². The molecule has 34 heavy (non-hydrogen) atoms. The van der Waals surface area contributed by atoms with E-state index in [2.05, 4.69) is 0 Å². The first-order valence-corrected chi connectivity index (χ1v) is 11.1. The fourth-order valence-corrected chi connectivity index (χ4v) is 4.11. The van der Waals surface area contributed by atoms with Gasteiger partial charge in [0.25, 0.3) is 0 Å². The third kappa shape index (κ3) is 4.37. The molecule has 0 spiro atoms. The molecule has 0 heterocycles. The summed E-state index contributed by atoms with van der Waals surface area (Å²) in [5.41, 5.74) is 5.97. The van der Waals surface area contributed by atoms with Crippen molar-refractivity contribution in [1.82, 2.24) is 0 Å². The molecular weight excluding hydrogens is 426 g/mol. The molecule has 3 N–H and O–H groups in total. The van der Waals surface area contributed by atoms with Crippen molar-refractivity contribution in [2.24, 2.45) is 0 Å². The Morgan fingerprint density at radius 2 is 1.15 bits per heavy atom. The quantitative estimate of drug-likeness (QED) is 0.289. The van der Waals surface area contributed by atoms with Gasteiger partial charge in [0, 0.05) is 12.1 Å². The van der Waals surface area contributed by atoms with Crippen LogP contribution in [0.5, 0.6) is 28.7 Å². The molecule has 4 aromatic carbocycles. The molecule has 0 aromatic heterocycles. The number of hydrogen-bond acceptors (Lipinski definition) is 5. The average molecular weight is 456 g/mol. The molecule has 5 heteroatoms. The molecular formula is C29H29NO4. The number of nitrogens with zero attached hydrogens (tertiary/aromatic N) is 1. The summed E-state index contributed by atoms with van der Waals surface area (Å²) in [7, 11) is 0. The molecule has 5 nitrogen and oxygen atoms in total. The highest BCUT2D eigenvalue weighted by atomic mass is 16.5. The zero-order valence-corrected chi connectivity index (χ0v) is 20.0. The second kappa shape index (κ2) is 9.02. The van der Waals surface area contributed by atoms with E-state index in [1.54, 1.807) is 12.1 Å². The number of rotatable bonds is 5. The Labute approximate surface area is 200 Å². The number of aromatic hydroxyl groups is 3. The van der Waals surface area contributed by atoms with Crippen LogP contribution in [0.15, 0.2) is 66.7 Å². The van der Waals surface area contributed by atoms with E-state index in [1.165, 1.54) is 0 Å². The lowest BCUT2D eigenvalue weighted by atomic mass is 10.0. The lowest BCUT2D eigenvalue weighted by Gasteiger charge is -2.30. The molecule has 0 fully saturated rings. The summed E-state index contributed by atoms with van der Waals surface area (Å²) in [6.07, 6.45) is 0. The van der Waals surface area contributed by atoms with Crippen LogP contribution in [-0.4, -0.2) is 15.3 Å². The fourth-order valence-electron chi connectivity index (χ4n) is 4.11. The summed E-state index contributed by atoms with van der Waals surface area (Å²) in [5, 5.41) is 32.2. The van der Waals surface area contributed by atoms with E-state index in [-0.39, 0.29) is 17.2 Å². The largest absolute Gasteiger partial charge is 0.508 e. The van der Waals surface area contributed by atoms with E-state index in [0.717, 1.165) is 27.8 Å². The maximum atomic E-state index is 11.1. The van der Waals surface area contributed by atoms with E-state index in [4.69, 9.17) is 4.74 Å². The van der Waals surface area contributed by atoms with Crippen molar-refractivity contribution in [2.45, 2.75) is 34.6 Å². The molecule has 0 aliphatic rings. The van der Waals surface area contributed by atoms with Gasteiger partial charge in [-0.05, 0) is 86.7 Å². The Balaban J connectivity index is 1.92. The third-order valence-corrected chi connectivity index (χ3v) is 5.90. The van der Waals surface area contributed by atoms with Crippen LogP contribution in [0.2, 0.25) is 0 Å². The van der Waals surface area contributed by atoms with Gasteiger partial charge in [-0.2, -0.15) is 0 Å². The van der Waals surface area contributed by atoms with Crippen molar-refractivity contribution in [2.75, 3.05) is 4.90 Å². The first-order chi connectivity index (χ1) is 16.2. The SMILES string of the molecule is Cc1cc(O)cc(Oc2cccc(N(c3c(C)ccc(C)c3O)c3c(C)ccc(C)c3O)c2)c1. The topological polar surface area (TPSA) is 73.2 Å². The van der Waals surface area contributed by atoms with Crippen molar-refractivity contribution >= 4 is 17.1 Å². The molecule has 0 unspecified atom stereocenters. The Morgan fingerprint density at radius 1 is 0.588 bits per heavy atom. The second-order valence-corrected chi connectivity index (χ2v) is 8.73. The van der Waals surface area contributed by atoms with Crippen molar-refractivity contribution in [3.05, 3.63) is 94.5 Å². The van der Waals surface area contributed by atoms with Gasteiger partial charge in [0.2, 0.25) is 0 Å². The Bertz CT molecular complexity index is 1300. The minimum atomic E-state index is 0.133. The number of anilines is 3. The van der Waals surface area contributed by atoms with Crippen LogP contribution in [0.1, 0.15) is 27.8 Å². The average Bonchev–Trinajstić information content (AvgIpc) is 2.77. The second-order valence-electron chi connectivity index (χ2n) is 8.73. The summed E-state index contributed by atoms with van der Waals surface area (Å²) in [6, 6.07) is 20.2. The van der Waals surface area contributed by atoms with Crippen LogP contribution in [-0.2, 0) is 0 Å². The number of aryl methyl sites for hydroxylation is 5. The van der Waals surface area contributed by atoms with E-state index in [1.807, 2.05) is 94.1 Å². The molecule has 4 aromatic rings. The molecule has 0 saturated heterocycles. The highest BCUT2D eigenvalue weighted by molar-refractivity contribution is 5.87. The molecule has 4 rings (SSSR count). The number of hydrogen-bond donors (Lipinski definition) is 3. The van der Waals surface area contributed by atoms with Gasteiger partial charge in [-0.1, -0.05) is 30.3 Å². The maximum absolute atomic E-state index is 11.1. The minimum absolute atomic E-state index is 0.133. The molecule has 0 amide bonds. The summed E-state index contributed by atoms with van der Waals surface area (Å²) in [4.78, 5) is 1.87. The molecule has 0 saturated carbocycles. The van der Waals surface area contributed by atoms with Gasteiger partial charge in [0.1, 0.15) is 28.7 Å². The third-order valence-electron chi connectivity index (χ3n) is 5.90. The summed E-state index contributed by atoms with van der Waals surface area (Å²) in [6.45, 7) is 9.45. The Kier molecular flexibility index (Phi) is 6.12. The van der Waals surface area contributed by atoms with Crippen LogP contribution < -0.4 is 9.64 Å². The van der Waals surface area contributed by atoms with E-state index < -0.39 is 0 Å². The van der Waals surface area contributed by atoms with Crippen molar-refractivity contribution < 1.29 is 20.1 Å². The van der Waals surface area contributed by atoms with E-state index >= 15 is 0 Å². The smallest absolute Gasteiger partial charge is 0.142 e. The van der Waals surface area contributed by atoms with E-state index in [0.29, 0.717) is 28.6 Å². The Hall–Kier alpha value is -4.12. The molecule has 0 bridgehead atoms. The summed E-state index contributed by atoms with van der Waals surface area (Å²) in [5.74, 6) is 1.51. The van der Waals surface area contributed by atoms with Crippen molar-refractivity contribution in [3.63, 3.8) is 0 Å². The first-order valence-electron chi connectivity index (χ1n) is 11.1. The number of benzene rings is 4.